The Kier molecular flexibility index (Phi) is 7.46. The van der Waals surface area contributed by atoms with Gasteiger partial charge in [0.1, 0.15) is 0 Å². The van der Waals surface area contributed by atoms with Crippen LogP contribution in [0.1, 0.15) is 41.1 Å². The Morgan fingerprint density at radius 2 is 1.60 bits per heavy atom. The number of anilines is 2. The quantitative estimate of drug-likeness (QED) is 0.608. The SMILES string of the molecule is CC.CCC.Cc1ccc2c(c1)NNN2.[HH]. The van der Waals surface area contributed by atoms with Crippen LogP contribution in [0.5, 0.6) is 0 Å². The number of hydrogen-bond donors (Lipinski definition) is 3. The molecule has 0 saturated carbocycles. The summed E-state index contributed by atoms with van der Waals surface area (Å²) in [7, 11) is 0. The first-order chi connectivity index (χ1) is 7.27. The fourth-order valence-corrected chi connectivity index (χ4v) is 1.04. The van der Waals surface area contributed by atoms with Crippen LogP contribution in [0.3, 0.4) is 0 Å². The van der Waals surface area contributed by atoms with Gasteiger partial charge in [-0.05, 0) is 24.6 Å². The standard InChI is InChI=1S/C7H9N3.C3H8.C2H6.H2/c1-5-2-3-6-7(4-5)9-10-8-6;1-3-2;1-2;/h2-4,8-10H,1H3;3H2,1-2H3;1-2H3;1H. The summed E-state index contributed by atoms with van der Waals surface area (Å²) in [5.41, 5.74) is 12.2. The van der Waals surface area contributed by atoms with Crippen molar-refractivity contribution in [3.63, 3.8) is 0 Å². The number of hydrazine groups is 2. The second-order valence-corrected chi connectivity index (χ2v) is 3.13. The van der Waals surface area contributed by atoms with Crippen LogP contribution in [0.4, 0.5) is 11.4 Å². The second-order valence-electron chi connectivity index (χ2n) is 3.13. The van der Waals surface area contributed by atoms with Crippen molar-refractivity contribution < 1.29 is 1.43 Å². The summed E-state index contributed by atoms with van der Waals surface area (Å²) in [4.78, 5) is 0. The highest BCUT2D eigenvalue weighted by Crippen LogP contribution is 2.24. The van der Waals surface area contributed by atoms with E-state index in [2.05, 4.69) is 49.3 Å². The average molecular weight is 211 g/mol. The zero-order valence-corrected chi connectivity index (χ0v) is 10.4. The Morgan fingerprint density at radius 3 is 2.20 bits per heavy atom. The highest BCUT2D eigenvalue weighted by Gasteiger charge is 2.06. The lowest BCUT2D eigenvalue weighted by molar-refractivity contribution is 1.01. The summed E-state index contributed by atoms with van der Waals surface area (Å²) in [5, 5.41) is 0. The summed E-state index contributed by atoms with van der Waals surface area (Å²) in [6.45, 7) is 10.3. The van der Waals surface area contributed by atoms with Gasteiger partial charge in [-0.25, -0.2) is 0 Å². The summed E-state index contributed by atoms with van der Waals surface area (Å²) < 4.78 is 0. The minimum absolute atomic E-state index is 0. The van der Waals surface area contributed by atoms with Crippen molar-refractivity contribution in [3.05, 3.63) is 23.8 Å². The number of fused-ring (bicyclic) bond motifs is 1. The van der Waals surface area contributed by atoms with Crippen molar-refractivity contribution in [1.82, 2.24) is 5.53 Å². The highest BCUT2D eigenvalue weighted by atomic mass is 15.6. The van der Waals surface area contributed by atoms with Crippen molar-refractivity contribution >= 4 is 11.4 Å². The zero-order valence-electron chi connectivity index (χ0n) is 10.4. The van der Waals surface area contributed by atoms with Crippen LogP contribution in [0.15, 0.2) is 18.2 Å². The van der Waals surface area contributed by atoms with Gasteiger partial charge in [0.15, 0.2) is 0 Å². The second kappa shape index (κ2) is 8.12. The van der Waals surface area contributed by atoms with Gasteiger partial charge in [0.25, 0.3) is 0 Å². The normalized spacial score (nSPS) is 10.7. The Balaban J connectivity index is 0. The molecule has 2 rings (SSSR count). The molecule has 3 heteroatoms. The van der Waals surface area contributed by atoms with Crippen LogP contribution in [0.2, 0.25) is 0 Å². The van der Waals surface area contributed by atoms with Gasteiger partial charge in [0, 0.05) is 1.43 Å². The first kappa shape index (κ1) is 13.8. The molecule has 0 aromatic heterocycles. The fourth-order valence-electron chi connectivity index (χ4n) is 1.04. The number of rotatable bonds is 0. The Labute approximate surface area is 94.7 Å². The molecule has 1 heterocycles. The fraction of sp³-hybridized carbons (Fsp3) is 0.500. The van der Waals surface area contributed by atoms with Gasteiger partial charge in [0.2, 0.25) is 0 Å². The molecular weight excluding hydrogens is 186 g/mol. The van der Waals surface area contributed by atoms with Crippen molar-refractivity contribution in [2.45, 2.75) is 41.0 Å². The molecular formula is C12H25N3. The summed E-state index contributed by atoms with van der Waals surface area (Å²) in [5.74, 6) is 0. The molecule has 0 amide bonds. The van der Waals surface area contributed by atoms with Gasteiger partial charge in [-0.1, -0.05) is 40.2 Å². The van der Waals surface area contributed by atoms with E-state index in [4.69, 9.17) is 0 Å². The van der Waals surface area contributed by atoms with Gasteiger partial charge in [-0.3, -0.25) is 0 Å². The minimum Gasteiger partial charge on any atom is -0.302 e. The lowest BCUT2D eigenvalue weighted by atomic mass is 10.2. The van der Waals surface area contributed by atoms with Crippen LogP contribution < -0.4 is 16.4 Å². The van der Waals surface area contributed by atoms with Gasteiger partial charge in [-0.15, -0.1) is 5.53 Å². The number of aryl methyl sites for hydroxylation is 1. The minimum atomic E-state index is 0. The Morgan fingerprint density at radius 1 is 1.07 bits per heavy atom. The van der Waals surface area contributed by atoms with E-state index in [1.54, 1.807) is 0 Å². The lowest BCUT2D eigenvalue weighted by Crippen LogP contribution is -2.19. The molecule has 1 aromatic carbocycles. The van der Waals surface area contributed by atoms with E-state index in [0.29, 0.717) is 0 Å². The number of benzene rings is 1. The average Bonchev–Trinajstić information content (AvgIpc) is 2.69. The van der Waals surface area contributed by atoms with Crippen LogP contribution in [0.25, 0.3) is 0 Å². The van der Waals surface area contributed by atoms with Crippen LogP contribution in [-0.4, -0.2) is 0 Å². The molecule has 0 unspecified atom stereocenters. The van der Waals surface area contributed by atoms with E-state index < -0.39 is 0 Å². The molecule has 0 radical (unpaired) electrons. The molecule has 3 N–H and O–H groups in total. The van der Waals surface area contributed by atoms with Crippen LogP contribution in [0, 0.1) is 6.92 Å². The van der Waals surface area contributed by atoms with E-state index in [1.807, 2.05) is 19.9 Å². The van der Waals surface area contributed by atoms with Gasteiger partial charge < -0.3 is 10.9 Å². The third-order valence-electron chi connectivity index (χ3n) is 1.57. The van der Waals surface area contributed by atoms with Crippen molar-refractivity contribution in [2.75, 3.05) is 10.9 Å². The van der Waals surface area contributed by atoms with Crippen molar-refractivity contribution in [3.8, 4) is 0 Å². The van der Waals surface area contributed by atoms with Crippen LogP contribution in [-0.2, 0) is 0 Å². The monoisotopic (exact) mass is 211 g/mol. The van der Waals surface area contributed by atoms with Gasteiger partial charge in [-0.2, -0.15) is 0 Å². The largest absolute Gasteiger partial charge is 0.302 e. The maximum Gasteiger partial charge on any atom is 0.0753 e. The topological polar surface area (TPSA) is 36.1 Å². The molecule has 0 atom stereocenters. The van der Waals surface area contributed by atoms with Gasteiger partial charge in [0.05, 0.1) is 11.4 Å². The zero-order chi connectivity index (χ0) is 11.7. The van der Waals surface area contributed by atoms with Crippen molar-refractivity contribution in [1.29, 1.82) is 0 Å². The molecule has 0 fully saturated rings. The summed E-state index contributed by atoms with van der Waals surface area (Å²) >= 11 is 0. The molecule has 0 aliphatic carbocycles. The molecule has 88 valence electrons. The van der Waals surface area contributed by atoms with E-state index in [-0.39, 0.29) is 1.43 Å². The van der Waals surface area contributed by atoms with E-state index in [9.17, 15) is 0 Å². The smallest absolute Gasteiger partial charge is 0.0753 e. The molecule has 15 heavy (non-hydrogen) atoms. The van der Waals surface area contributed by atoms with Crippen molar-refractivity contribution in [2.24, 2.45) is 0 Å². The van der Waals surface area contributed by atoms with E-state index in [0.717, 1.165) is 11.4 Å². The number of hydrogen-bond acceptors (Lipinski definition) is 3. The molecule has 3 nitrogen and oxygen atoms in total. The third-order valence-corrected chi connectivity index (χ3v) is 1.57. The first-order valence-corrected chi connectivity index (χ1v) is 5.65. The van der Waals surface area contributed by atoms with Crippen LogP contribution >= 0.6 is 0 Å². The maximum absolute atomic E-state index is 2.98. The summed E-state index contributed by atoms with van der Waals surface area (Å²) in [6.07, 6.45) is 1.25. The van der Waals surface area contributed by atoms with Gasteiger partial charge >= 0.3 is 0 Å². The lowest BCUT2D eigenvalue weighted by Gasteiger charge is -1.96. The van der Waals surface area contributed by atoms with E-state index >= 15 is 0 Å². The highest BCUT2D eigenvalue weighted by molar-refractivity contribution is 5.72. The maximum atomic E-state index is 2.98. The molecule has 1 aliphatic heterocycles. The third kappa shape index (κ3) is 4.70. The number of nitrogens with one attached hydrogen (secondary N) is 3. The first-order valence-electron chi connectivity index (χ1n) is 5.65. The predicted octanol–water partition coefficient (Wildman–Crippen LogP) is 3.94. The molecule has 1 aromatic rings. The summed E-state index contributed by atoms with van der Waals surface area (Å²) in [6, 6.07) is 6.19. The molecule has 0 bridgehead atoms. The Bertz CT molecular complexity index is 277. The molecule has 1 aliphatic rings. The molecule has 0 saturated heterocycles. The molecule has 0 spiro atoms. The van der Waals surface area contributed by atoms with E-state index in [1.165, 1.54) is 12.0 Å². The Hall–Kier alpha value is -1.22. The predicted molar refractivity (Wildman–Crippen MR) is 71.0 cm³/mol.